The van der Waals surface area contributed by atoms with Crippen molar-refractivity contribution >= 4 is 6.29 Å². The number of aldehydes is 1. The van der Waals surface area contributed by atoms with Gasteiger partial charge in [-0.15, -0.1) is 8.78 Å². The minimum atomic E-state index is -3.76. The van der Waals surface area contributed by atoms with Crippen LogP contribution in [-0.4, -0.2) is 19.7 Å². The topological polar surface area (TPSA) is 44.8 Å². The molecule has 0 aromatic heterocycles. The van der Waals surface area contributed by atoms with E-state index >= 15 is 0 Å². The van der Waals surface area contributed by atoms with Crippen molar-refractivity contribution < 1.29 is 27.8 Å². The number of carbonyl (C=O) groups is 1. The van der Waals surface area contributed by atoms with Crippen LogP contribution in [0.15, 0.2) is 12.1 Å². The van der Waals surface area contributed by atoms with Crippen molar-refractivity contribution in [2.24, 2.45) is 0 Å². The number of benzene rings is 1. The Morgan fingerprint density at radius 1 is 1.33 bits per heavy atom. The SMILES string of the molecule is COc1ccc(C=O)c2c1OC(F)(F)O2. The lowest BCUT2D eigenvalue weighted by molar-refractivity contribution is -0.287. The molecular weight excluding hydrogens is 210 g/mol. The predicted molar refractivity (Wildman–Crippen MR) is 44.6 cm³/mol. The third kappa shape index (κ3) is 1.47. The molecule has 0 fully saturated rings. The van der Waals surface area contributed by atoms with Crippen LogP contribution in [0.4, 0.5) is 8.78 Å². The van der Waals surface area contributed by atoms with Crippen LogP contribution in [0, 0.1) is 0 Å². The molecule has 0 atom stereocenters. The molecule has 1 aromatic rings. The van der Waals surface area contributed by atoms with E-state index in [4.69, 9.17) is 4.74 Å². The normalized spacial score (nSPS) is 16.2. The number of carbonyl (C=O) groups excluding carboxylic acids is 1. The molecule has 15 heavy (non-hydrogen) atoms. The van der Waals surface area contributed by atoms with Gasteiger partial charge in [-0.05, 0) is 12.1 Å². The monoisotopic (exact) mass is 216 g/mol. The van der Waals surface area contributed by atoms with E-state index < -0.39 is 6.29 Å². The lowest BCUT2D eigenvalue weighted by Gasteiger charge is -2.05. The summed E-state index contributed by atoms with van der Waals surface area (Å²) < 4.78 is 38.7. The Hall–Kier alpha value is -1.85. The van der Waals surface area contributed by atoms with Crippen LogP contribution in [0.5, 0.6) is 17.2 Å². The van der Waals surface area contributed by atoms with Crippen LogP contribution < -0.4 is 14.2 Å². The quantitative estimate of drug-likeness (QED) is 0.707. The Morgan fingerprint density at radius 2 is 2.00 bits per heavy atom. The first-order chi connectivity index (χ1) is 7.07. The highest BCUT2D eigenvalue weighted by Gasteiger charge is 2.46. The highest BCUT2D eigenvalue weighted by molar-refractivity contribution is 5.83. The number of methoxy groups -OCH3 is 1. The summed E-state index contributed by atoms with van der Waals surface area (Å²) in [5.74, 6) is -0.464. The summed E-state index contributed by atoms with van der Waals surface area (Å²) in [6.45, 7) is 0. The van der Waals surface area contributed by atoms with E-state index in [1.165, 1.54) is 19.2 Å². The standard InChI is InChI=1S/C9H6F2O4/c1-13-6-3-2-5(4-12)7-8(6)15-9(10,11)14-7/h2-4H,1H3. The van der Waals surface area contributed by atoms with Gasteiger partial charge >= 0.3 is 6.29 Å². The summed E-state index contributed by atoms with van der Waals surface area (Å²) in [6, 6.07) is 2.67. The van der Waals surface area contributed by atoms with Gasteiger partial charge in [-0.3, -0.25) is 4.79 Å². The van der Waals surface area contributed by atoms with Crippen molar-refractivity contribution in [3.05, 3.63) is 17.7 Å². The summed E-state index contributed by atoms with van der Waals surface area (Å²) in [5, 5.41) is 0. The molecule has 0 amide bonds. The predicted octanol–water partition coefficient (Wildman–Crippen LogP) is 1.83. The molecule has 80 valence electrons. The maximum absolute atomic E-state index is 12.8. The van der Waals surface area contributed by atoms with E-state index in [1.54, 1.807) is 0 Å². The summed E-state index contributed by atoms with van der Waals surface area (Å²) in [4.78, 5) is 10.6. The Kier molecular flexibility index (Phi) is 1.99. The largest absolute Gasteiger partial charge is 0.586 e. The van der Waals surface area contributed by atoms with Gasteiger partial charge in [0.15, 0.2) is 17.8 Å². The molecule has 6 heteroatoms. The van der Waals surface area contributed by atoms with E-state index in [9.17, 15) is 13.6 Å². The molecular formula is C9H6F2O4. The molecule has 0 saturated carbocycles. The van der Waals surface area contributed by atoms with Gasteiger partial charge in [0.05, 0.1) is 12.7 Å². The Balaban J connectivity index is 2.57. The van der Waals surface area contributed by atoms with Crippen LogP contribution in [0.3, 0.4) is 0 Å². The van der Waals surface area contributed by atoms with Crippen molar-refractivity contribution in [1.82, 2.24) is 0 Å². The fourth-order valence-electron chi connectivity index (χ4n) is 1.27. The number of rotatable bonds is 2. The van der Waals surface area contributed by atoms with Crippen LogP contribution in [-0.2, 0) is 0 Å². The maximum atomic E-state index is 12.8. The van der Waals surface area contributed by atoms with Crippen LogP contribution in [0.25, 0.3) is 0 Å². The van der Waals surface area contributed by atoms with Crippen molar-refractivity contribution in [3.8, 4) is 17.2 Å². The van der Waals surface area contributed by atoms with Gasteiger partial charge in [-0.25, -0.2) is 0 Å². The van der Waals surface area contributed by atoms with Crippen LogP contribution >= 0.6 is 0 Å². The second-order valence-corrected chi connectivity index (χ2v) is 2.80. The van der Waals surface area contributed by atoms with E-state index in [0.29, 0.717) is 6.29 Å². The summed E-state index contributed by atoms with van der Waals surface area (Å²) in [6.07, 6.45) is -3.35. The van der Waals surface area contributed by atoms with Gasteiger partial charge in [0.2, 0.25) is 5.75 Å². The molecule has 0 saturated heterocycles. The minimum absolute atomic E-state index is 0.0111. The van der Waals surface area contributed by atoms with Crippen LogP contribution in [0.2, 0.25) is 0 Å². The highest BCUT2D eigenvalue weighted by atomic mass is 19.3. The van der Waals surface area contributed by atoms with Gasteiger partial charge in [-0.2, -0.15) is 0 Å². The average molecular weight is 216 g/mol. The van der Waals surface area contributed by atoms with E-state index in [1.807, 2.05) is 0 Å². The molecule has 1 aliphatic rings. The number of alkyl halides is 2. The van der Waals surface area contributed by atoms with Gasteiger partial charge in [0, 0.05) is 0 Å². The molecule has 0 radical (unpaired) electrons. The zero-order valence-corrected chi connectivity index (χ0v) is 7.62. The van der Waals surface area contributed by atoms with Crippen molar-refractivity contribution in [3.63, 3.8) is 0 Å². The fourth-order valence-corrected chi connectivity index (χ4v) is 1.27. The lowest BCUT2D eigenvalue weighted by atomic mass is 10.2. The van der Waals surface area contributed by atoms with E-state index in [-0.39, 0.29) is 22.8 Å². The maximum Gasteiger partial charge on any atom is 0.586 e. The second-order valence-electron chi connectivity index (χ2n) is 2.80. The average Bonchev–Trinajstić information content (AvgIpc) is 2.51. The number of hydrogen-bond donors (Lipinski definition) is 0. The molecule has 0 N–H and O–H groups in total. The molecule has 1 aliphatic heterocycles. The number of hydrogen-bond acceptors (Lipinski definition) is 4. The summed E-state index contributed by atoms with van der Waals surface area (Å²) in [5.41, 5.74) is -0.0111. The third-order valence-electron chi connectivity index (χ3n) is 1.90. The highest BCUT2D eigenvalue weighted by Crippen LogP contribution is 2.48. The van der Waals surface area contributed by atoms with Gasteiger partial charge < -0.3 is 14.2 Å². The Labute approximate surface area is 83.4 Å². The number of fused-ring (bicyclic) bond motifs is 1. The first-order valence-corrected chi connectivity index (χ1v) is 3.99. The Bertz CT molecular complexity index is 417. The Morgan fingerprint density at radius 3 is 2.60 bits per heavy atom. The first-order valence-electron chi connectivity index (χ1n) is 3.99. The van der Waals surface area contributed by atoms with Crippen molar-refractivity contribution in [1.29, 1.82) is 0 Å². The van der Waals surface area contributed by atoms with Gasteiger partial charge in [-0.1, -0.05) is 0 Å². The summed E-state index contributed by atoms with van der Waals surface area (Å²) >= 11 is 0. The van der Waals surface area contributed by atoms with Gasteiger partial charge in [0.1, 0.15) is 0 Å². The third-order valence-corrected chi connectivity index (χ3v) is 1.90. The summed E-state index contributed by atoms with van der Waals surface area (Å²) in [7, 11) is 1.30. The smallest absolute Gasteiger partial charge is 0.493 e. The molecule has 1 aromatic carbocycles. The molecule has 0 spiro atoms. The van der Waals surface area contributed by atoms with E-state index in [0.717, 1.165) is 0 Å². The van der Waals surface area contributed by atoms with Crippen LogP contribution in [0.1, 0.15) is 10.4 Å². The number of ether oxygens (including phenoxy) is 3. The molecule has 4 nitrogen and oxygen atoms in total. The van der Waals surface area contributed by atoms with E-state index in [2.05, 4.69) is 9.47 Å². The molecule has 0 aliphatic carbocycles. The van der Waals surface area contributed by atoms with Crippen molar-refractivity contribution in [2.45, 2.75) is 6.29 Å². The molecule has 0 unspecified atom stereocenters. The lowest BCUT2D eigenvalue weighted by Crippen LogP contribution is -2.26. The second kappa shape index (κ2) is 3.08. The van der Waals surface area contributed by atoms with Crippen molar-refractivity contribution in [2.75, 3.05) is 7.11 Å². The zero-order valence-electron chi connectivity index (χ0n) is 7.62. The molecule has 0 bridgehead atoms. The molecule has 1 heterocycles. The zero-order chi connectivity index (χ0) is 11.1. The molecule has 2 rings (SSSR count). The number of halogens is 2. The first kappa shape index (κ1) is 9.70. The van der Waals surface area contributed by atoms with Gasteiger partial charge in [0.25, 0.3) is 0 Å². The minimum Gasteiger partial charge on any atom is -0.493 e. The fraction of sp³-hybridized carbons (Fsp3) is 0.222.